The van der Waals surface area contributed by atoms with Crippen molar-refractivity contribution in [2.75, 3.05) is 5.32 Å². The number of hydrogen-bond donors (Lipinski definition) is 1. The van der Waals surface area contributed by atoms with Crippen LogP contribution in [0.4, 0.5) is 5.69 Å². The minimum absolute atomic E-state index is 0.0386. The van der Waals surface area contributed by atoms with Gasteiger partial charge in [0.25, 0.3) is 0 Å². The second-order valence-electron chi connectivity index (χ2n) is 9.40. The molecule has 0 fully saturated rings. The van der Waals surface area contributed by atoms with Crippen LogP contribution >= 0.6 is 0 Å². The van der Waals surface area contributed by atoms with Gasteiger partial charge in [-0.1, -0.05) is 92.7 Å². The van der Waals surface area contributed by atoms with Gasteiger partial charge in [0.2, 0.25) is 0 Å². The monoisotopic (exact) mass is 385 g/mol. The number of nitrogens with one attached hydrogen (secondary N) is 1. The Balaban J connectivity index is 1.60. The molecule has 30 heavy (non-hydrogen) atoms. The van der Waals surface area contributed by atoms with Gasteiger partial charge in [-0.25, -0.2) is 0 Å². The Labute approximate surface area is 177 Å². The zero-order valence-corrected chi connectivity index (χ0v) is 17.2. The molecule has 144 valence electrons. The third-order valence-electron chi connectivity index (χ3n) is 7.55. The number of allylic oxidation sites excluding steroid dienone is 1. The summed E-state index contributed by atoms with van der Waals surface area (Å²) >= 11 is 0. The molecule has 0 bridgehead atoms. The maximum Gasteiger partial charge on any atom is 0.0633 e. The van der Waals surface area contributed by atoms with Crippen LogP contribution in [0.1, 0.15) is 47.6 Å². The third kappa shape index (κ3) is 1.84. The lowest BCUT2D eigenvalue weighted by atomic mass is 9.69. The maximum atomic E-state index is 3.92. The summed E-state index contributed by atoms with van der Waals surface area (Å²) < 4.78 is 0. The molecule has 0 aromatic heterocycles. The summed E-state index contributed by atoms with van der Waals surface area (Å²) in [6.07, 6.45) is 0. The van der Waals surface area contributed by atoms with E-state index in [-0.39, 0.29) is 11.5 Å². The molecule has 2 unspecified atom stereocenters. The molecule has 1 aliphatic heterocycles. The van der Waals surface area contributed by atoms with Crippen LogP contribution in [0.2, 0.25) is 0 Å². The van der Waals surface area contributed by atoms with Gasteiger partial charge >= 0.3 is 0 Å². The number of para-hydroxylation sites is 1. The van der Waals surface area contributed by atoms with E-state index in [9.17, 15) is 0 Å². The molecule has 3 aliphatic rings. The normalized spacial score (nSPS) is 22.1. The fraction of sp³-hybridized carbons (Fsp3) is 0.172. The van der Waals surface area contributed by atoms with E-state index in [4.69, 9.17) is 0 Å². The molecule has 0 saturated heterocycles. The van der Waals surface area contributed by atoms with E-state index in [2.05, 4.69) is 104 Å². The van der Waals surface area contributed by atoms with Crippen molar-refractivity contribution in [3.8, 4) is 0 Å². The summed E-state index contributed by atoms with van der Waals surface area (Å²) in [5, 5.41) is 6.64. The van der Waals surface area contributed by atoms with Gasteiger partial charge in [0.1, 0.15) is 0 Å². The highest BCUT2D eigenvalue weighted by Crippen LogP contribution is 2.61. The smallest absolute Gasteiger partial charge is 0.0633 e. The van der Waals surface area contributed by atoms with Crippen LogP contribution in [0.5, 0.6) is 0 Å². The second kappa shape index (κ2) is 5.43. The van der Waals surface area contributed by atoms with Gasteiger partial charge in [0.05, 0.1) is 6.04 Å². The van der Waals surface area contributed by atoms with E-state index in [1.165, 1.54) is 55.4 Å². The Kier molecular flexibility index (Phi) is 2.98. The number of hydrogen-bond acceptors (Lipinski definition) is 1. The van der Waals surface area contributed by atoms with Crippen molar-refractivity contribution >= 4 is 27.6 Å². The van der Waals surface area contributed by atoms with E-state index in [1.54, 1.807) is 0 Å². The van der Waals surface area contributed by atoms with Gasteiger partial charge < -0.3 is 5.32 Å². The largest absolute Gasteiger partial charge is 0.377 e. The van der Waals surface area contributed by atoms with Crippen LogP contribution in [0, 0.1) is 0 Å². The summed E-state index contributed by atoms with van der Waals surface area (Å²) in [4.78, 5) is 0. The molecule has 0 spiro atoms. The van der Waals surface area contributed by atoms with Gasteiger partial charge in [-0.2, -0.15) is 0 Å². The van der Waals surface area contributed by atoms with Gasteiger partial charge in [0.15, 0.2) is 0 Å². The Hall–Kier alpha value is -3.32. The van der Waals surface area contributed by atoms with Crippen molar-refractivity contribution in [2.24, 2.45) is 0 Å². The standard InChI is InChI=1S/C29H23N/c1-29(2)26-18-10-4-3-9-17(18)15-16-22(26)25-27(29)20-12-6-5-11-19(20)24-21-13-7-8-14-23(21)30-28(24)25/h3-16,24,28,30H,1-2H3. The topological polar surface area (TPSA) is 12.0 Å². The lowest BCUT2D eigenvalue weighted by Gasteiger charge is -2.35. The van der Waals surface area contributed by atoms with Crippen LogP contribution < -0.4 is 5.32 Å². The molecule has 4 aromatic rings. The van der Waals surface area contributed by atoms with E-state index in [0.717, 1.165) is 0 Å². The summed E-state index contributed by atoms with van der Waals surface area (Å²) in [5.74, 6) is 0.365. The maximum absolute atomic E-state index is 3.92. The highest BCUT2D eigenvalue weighted by Gasteiger charge is 2.50. The van der Waals surface area contributed by atoms with E-state index in [0.29, 0.717) is 5.92 Å². The Morgan fingerprint density at radius 2 is 1.43 bits per heavy atom. The second-order valence-corrected chi connectivity index (χ2v) is 9.40. The molecule has 4 aromatic carbocycles. The van der Waals surface area contributed by atoms with Gasteiger partial charge in [-0.3, -0.25) is 0 Å². The SMILES string of the molecule is CC1(C)C2=C(c3ccc4ccccc4c31)C1Nc3ccccc3C1c1ccccc12. The van der Waals surface area contributed by atoms with Crippen molar-refractivity contribution in [3.05, 3.63) is 113 Å². The van der Waals surface area contributed by atoms with Crippen LogP contribution in [0.15, 0.2) is 84.9 Å². The average molecular weight is 386 g/mol. The van der Waals surface area contributed by atoms with Crippen molar-refractivity contribution in [3.63, 3.8) is 0 Å². The third-order valence-corrected chi connectivity index (χ3v) is 7.55. The molecule has 0 amide bonds. The average Bonchev–Trinajstić information content (AvgIpc) is 3.27. The van der Waals surface area contributed by atoms with Crippen molar-refractivity contribution in [2.45, 2.75) is 31.2 Å². The quantitative estimate of drug-likeness (QED) is 0.344. The van der Waals surface area contributed by atoms with E-state index in [1.807, 2.05) is 0 Å². The Morgan fingerprint density at radius 3 is 2.33 bits per heavy atom. The number of rotatable bonds is 0. The minimum Gasteiger partial charge on any atom is -0.377 e. The predicted octanol–water partition coefficient (Wildman–Crippen LogP) is 6.98. The molecule has 7 rings (SSSR count). The first kappa shape index (κ1) is 16.5. The van der Waals surface area contributed by atoms with Gasteiger partial charge in [0, 0.05) is 17.0 Å². The van der Waals surface area contributed by atoms with Crippen molar-refractivity contribution in [1.82, 2.24) is 0 Å². The zero-order chi connectivity index (χ0) is 20.0. The molecule has 0 saturated carbocycles. The summed E-state index contributed by atoms with van der Waals surface area (Å²) in [5.41, 5.74) is 11.5. The number of benzene rings is 4. The summed E-state index contributed by atoms with van der Waals surface area (Å²) in [6.45, 7) is 4.83. The zero-order valence-electron chi connectivity index (χ0n) is 17.2. The molecular weight excluding hydrogens is 362 g/mol. The molecule has 2 aliphatic carbocycles. The first-order valence-electron chi connectivity index (χ1n) is 10.9. The molecular formula is C29H23N. The summed E-state index contributed by atoms with van der Waals surface area (Å²) in [6, 6.07) is 31.8. The predicted molar refractivity (Wildman–Crippen MR) is 126 cm³/mol. The van der Waals surface area contributed by atoms with Crippen LogP contribution in [0.25, 0.3) is 21.9 Å². The Bertz CT molecular complexity index is 1410. The van der Waals surface area contributed by atoms with E-state index >= 15 is 0 Å². The Morgan fingerprint density at radius 1 is 0.700 bits per heavy atom. The molecule has 0 radical (unpaired) electrons. The lowest BCUT2D eigenvalue weighted by Crippen LogP contribution is -2.29. The summed E-state index contributed by atoms with van der Waals surface area (Å²) in [7, 11) is 0. The first-order valence-corrected chi connectivity index (χ1v) is 10.9. The first-order chi connectivity index (χ1) is 14.7. The van der Waals surface area contributed by atoms with E-state index < -0.39 is 0 Å². The van der Waals surface area contributed by atoms with Gasteiger partial charge in [-0.15, -0.1) is 0 Å². The van der Waals surface area contributed by atoms with Crippen LogP contribution in [-0.4, -0.2) is 6.04 Å². The number of fused-ring (bicyclic) bond motifs is 11. The van der Waals surface area contributed by atoms with Crippen molar-refractivity contribution < 1.29 is 0 Å². The molecule has 1 heterocycles. The van der Waals surface area contributed by atoms with Crippen molar-refractivity contribution in [1.29, 1.82) is 0 Å². The minimum atomic E-state index is -0.0386. The fourth-order valence-electron chi connectivity index (χ4n) is 6.48. The highest BCUT2D eigenvalue weighted by molar-refractivity contribution is 6.11. The van der Waals surface area contributed by atoms with Crippen LogP contribution in [0.3, 0.4) is 0 Å². The fourth-order valence-corrected chi connectivity index (χ4v) is 6.48. The molecule has 2 atom stereocenters. The van der Waals surface area contributed by atoms with Gasteiger partial charge in [-0.05, 0) is 55.8 Å². The van der Waals surface area contributed by atoms with Crippen LogP contribution in [-0.2, 0) is 5.41 Å². The highest BCUT2D eigenvalue weighted by atomic mass is 15.0. The molecule has 1 heteroatoms. The molecule has 1 N–H and O–H groups in total. The molecule has 1 nitrogen and oxygen atoms in total. The number of anilines is 1. The lowest BCUT2D eigenvalue weighted by molar-refractivity contribution is 0.700.